The Morgan fingerprint density at radius 3 is 2.48 bits per heavy atom. The van der Waals surface area contributed by atoms with E-state index in [0.29, 0.717) is 5.82 Å². The molecule has 1 aliphatic rings. The molecule has 0 bridgehead atoms. The van der Waals surface area contributed by atoms with Crippen molar-refractivity contribution in [2.24, 2.45) is 4.99 Å². The minimum Gasteiger partial charge on any atom is -0.326 e. The van der Waals surface area contributed by atoms with E-state index in [-0.39, 0.29) is 13.8 Å². The Morgan fingerprint density at radius 1 is 1.03 bits per heavy atom. The molecule has 0 saturated heterocycles. The van der Waals surface area contributed by atoms with Crippen LogP contribution < -0.4 is 5.32 Å². The summed E-state index contributed by atoms with van der Waals surface area (Å²) in [6, 6.07) is 17.4. The zero-order valence-corrected chi connectivity index (χ0v) is 19.9. The quantitative estimate of drug-likeness (QED) is 0.425. The van der Waals surface area contributed by atoms with Crippen LogP contribution in [0.4, 0.5) is 5.69 Å². The number of fused-ring (bicyclic) bond motifs is 3. The molecule has 1 atom stereocenters. The van der Waals surface area contributed by atoms with Gasteiger partial charge in [-0.05, 0) is 45.4 Å². The molecular weight excluding hydrogens is 430 g/mol. The molecule has 0 saturated carbocycles. The molecular formula is C26H27N5OS. The van der Waals surface area contributed by atoms with E-state index in [1.165, 1.54) is 16.0 Å². The number of hydrogen-bond donors (Lipinski definition) is 1. The fourth-order valence-electron chi connectivity index (χ4n) is 4.15. The molecule has 5 rings (SSSR count). The number of aliphatic imine (C=N–C) groups is 1. The minimum absolute atomic E-state index is 0. The van der Waals surface area contributed by atoms with Gasteiger partial charge >= 0.3 is 0 Å². The van der Waals surface area contributed by atoms with Crippen LogP contribution in [0.5, 0.6) is 0 Å². The second-order valence-electron chi connectivity index (χ2n) is 8.38. The largest absolute Gasteiger partial charge is 0.326 e. The smallest absolute Gasteiger partial charge is 0.227 e. The van der Waals surface area contributed by atoms with Gasteiger partial charge in [-0.2, -0.15) is 0 Å². The van der Waals surface area contributed by atoms with Crippen molar-refractivity contribution in [3.63, 3.8) is 0 Å². The molecule has 0 radical (unpaired) electrons. The Balaban J connectivity index is 0.00000274. The maximum Gasteiger partial charge on any atom is 0.227 e. The SMILES string of the molecule is Cc1ccc(C2=N[C@@H](CC(=O)Nc3ccccc3)c3nnc(C)n3-c3sc(C)c(C)c32)cc1.[HH]. The van der Waals surface area contributed by atoms with Crippen molar-refractivity contribution in [2.45, 2.75) is 40.2 Å². The van der Waals surface area contributed by atoms with Gasteiger partial charge in [0.25, 0.3) is 0 Å². The monoisotopic (exact) mass is 457 g/mol. The van der Waals surface area contributed by atoms with Crippen molar-refractivity contribution in [1.82, 2.24) is 14.8 Å². The van der Waals surface area contributed by atoms with Crippen molar-refractivity contribution in [1.29, 1.82) is 0 Å². The van der Waals surface area contributed by atoms with Crippen LogP contribution in [-0.2, 0) is 4.79 Å². The molecule has 168 valence electrons. The van der Waals surface area contributed by atoms with Gasteiger partial charge in [-0.15, -0.1) is 21.5 Å². The van der Waals surface area contributed by atoms with Crippen LogP contribution in [-0.4, -0.2) is 26.4 Å². The van der Waals surface area contributed by atoms with E-state index in [4.69, 9.17) is 4.99 Å². The van der Waals surface area contributed by atoms with Gasteiger partial charge in [0.2, 0.25) is 5.91 Å². The number of hydrogen-bond acceptors (Lipinski definition) is 5. The summed E-state index contributed by atoms with van der Waals surface area (Å²) in [4.78, 5) is 19.4. The average Bonchev–Trinajstić information content (AvgIpc) is 3.27. The van der Waals surface area contributed by atoms with E-state index in [0.717, 1.165) is 33.4 Å². The highest BCUT2D eigenvalue weighted by Gasteiger charge is 2.32. The summed E-state index contributed by atoms with van der Waals surface area (Å²) < 4.78 is 2.07. The molecule has 1 amide bonds. The Hall–Kier alpha value is -3.58. The molecule has 2 aromatic carbocycles. The molecule has 0 spiro atoms. The Kier molecular flexibility index (Phi) is 5.42. The number of amides is 1. The number of benzene rings is 2. The maximum atomic E-state index is 13.0. The summed E-state index contributed by atoms with van der Waals surface area (Å²) in [5.41, 5.74) is 6.18. The van der Waals surface area contributed by atoms with E-state index < -0.39 is 6.04 Å². The highest BCUT2D eigenvalue weighted by molar-refractivity contribution is 7.15. The average molecular weight is 458 g/mol. The Morgan fingerprint density at radius 2 is 1.76 bits per heavy atom. The standard InChI is InChI=1S/C26H25N5OS.H2/c1-15-10-12-19(13-11-15)24-23-16(2)17(3)33-26(23)31-18(4)29-30-25(31)21(28-24)14-22(32)27-20-8-6-5-7-9-20;/h5-13,21H,14H2,1-4H3,(H,27,32);1H/t21-;/m0./s1. The lowest BCUT2D eigenvalue weighted by Gasteiger charge is -2.13. The number of aryl methyl sites for hydroxylation is 3. The van der Waals surface area contributed by atoms with Crippen LogP contribution >= 0.6 is 11.3 Å². The molecule has 1 N–H and O–H groups in total. The summed E-state index contributed by atoms with van der Waals surface area (Å²) >= 11 is 1.72. The zero-order valence-electron chi connectivity index (χ0n) is 19.1. The van der Waals surface area contributed by atoms with E-state index >= 15 is 0 Å². The number of carbonyl (C=O) groups is 1. The molecule has 0 aliphatic carbocycles. The molecule has 0 unspecified atom stereocenters. The van der Waals surface area contributed by atoms with Crippen LogP contribution in [0.1, 0.15) is 52.7 Å². The number of nitrogens with zero attached hydrogens (tertiary/aromatic N) is 4. The molecule has 2 aromatic heterocycles. The maximum absolute atomic E-state index is 13.0. The van der Waals surface area contributed by atoms with Gasteiger partial charge in [-0.3, -0.25) is 14.4 Å². The molecule has 6 nitrogen and oxygen atoms in total. The van der Waals surface area contributed by atoms with E-state index in [9.17, 15) is 4.79 Å². The van der Waals surface area contributed by atoms with Gasteiger partial charge in [-0.1, -0.05) is 48.0 Å². The minimum atomic E-state index is -0.453. The topological polar surface area (TPSA) is 72.2 Å². The van der Waals surface area contributed by atoms with E-state index in [1.54, 1.807) is 11.3 Å². The molecule has 3 heterocycles. The van der Waals surface area contributed by atoms with Crippen molar-refractivity contribution in [2.75, 3.05) is 5.32 Å². The molecule has 33 heavy (non-hydrogen) atoms. The van der Waals surface area contributed by atoms with Gasteiger partial charge in [0.15, 0.2) is 5.82 Å². The van der Waals surface area contributed by atoms with E-state index in [2.05, 4.69) is 65.1 Å². The number of rotatable bonds is 4. The fourth-order valence-corrected chi connectivity index (χ4v) is 5.36. The zero-order chi connectivity index (χ0) is 23.1. The first kappa shape index (κ1) is 21.3. The third kappa shape index (κ3) is 3.89. The third-order valence-corrected chi connectivity index (χ3v) is 7.19. The van der Waals surface area contributed by atoms with Gasteiger partial charge < -0.3 is 5.32 Å². The molecule has 0 fully saturated rings. The third-order valence-electron chi connectivity index (χ3n) is 6.00. The Bertz CT molecular complexity index is 1370. The number of nitrogens with one attached hydrogen (secondary N) is 1. The fraction of sp³-hybridized carbons (Fsp3) is 0.231. The summed E-state index contributed by atoms with van der Waals surface area (Å²) in [5, 5.41) is 12.9. The molecule has 7 heteroatoms. The summed E-state index contributed by atoms with van der Waals surface area (Å²) in [7, 11) is 0. The lowest BCUT2D eigenvalue weighted by molar-refractivity contribution is -0.116. The van der Waals surface area contributed by atoms with Crippen molar-refractivity contribution in [3.8, 4) is 5.00 Å². The number of anilines is 1. The summed E-state index contributed by atoms with van der Waals surface area (Å²) in [5.74, 6) is 1.38. The Labute approximate surface area is 198 Å². The van der Waals surface area contributed by atoms with Crippen molar-refractivity contribution >= 4 is 28.6 Å². The number of para-hydroxylation sites is 1. The molecule has 1 aliphatic heterocycles. The number of carbonyl (C=O) groups excluding carboxylic acids is 1. The van der Waals surface area contributed by atoms with Gasteiger partial charge in [0.1, 0.15) is 16.9 Å². The van der Waals surface area contributed by atoms with Gasteiger partial charge in [0.05, 0.1) is 12.1 Å². The number of thiophene rings is 1. The van der Waals surface area contributed by atoms with Crippen LogP contribution in [0.15, 0.2) is 59.6 Å². The predicted octanol–water partition coefficient (Wildman–Crippen LogP) is 5.73. The number of aromatic nitrogens is 3. The first-order valence-corrected chi connectivity index (χ1v) is 11.8. The van der Waals surface area contributed by atoms with Crippen molar-refractivity contribution < 1.29 is 6.22 Å². The van der Waals surface area contributed by atoms with Crippen LogP contribution in [0.25, 0.3) is 5.00 Å². The van der Waals surface area contributed by atoms with E-state index in [1.807, 2.05) is 37.3 Å². The highest BCUT2D eigenvalue weighted by atomic mass is 32.1. The lowest BCUT2D eigenvalue weighted by Crippen LogP contribution is -2.17. The first-order valence-electron chi connectivity index (χ1n) is 10.9. The van der Waals surface area contributed by atoms with Crippen LogP contribution in [0.2, 0.25) is 0 Å². The second kappa shape index (κ2) is 8.41. The highest BCUT2D eigenvalue weighted by Crippen LogP contribution is 2.39. The summed E-state index contributed by atoms with van der Waals surface area (Å²) in [6.07, 6.45) is 0.176. The van der Waals surface area contributed by atoms with Crippen LogP contribution in [0, 0.1) is 27.7 Å². The first-order chi connectivity index (χ1) is 15.9. The van der Waals surface area contributed by atoms with Gasteiger partial charge in [-0.25, -0.2) is 0 Å². The van der Waals surface area contributed by atoms with Crippen molar-refractivity contribution in [3.05, 3.63) is 93.4 Å². The van der Waals surface area contributed by atoms with Gasteiger partial charge in [0, 0.05) is 23.1 Å². The predicted molar refractivity (Wildman–Crippen MR) is 135 cm³/mol. The normalized spacial score (nSPS) is 14.8. The molecule has 4 aromatic rings. The second-order valence-corrected chi connectivity index (χ2v) is 9.59. The lowest BCUT2D eigenvalue weighted by atomic mass is 9.99. The summed E-state index contributed by atoms with van der Waals surface area (Å²) in [6.45, 7) is 8.29. The van der Waals surface area contributed by atoms with Crippen LogP contribution in [0.3, 0.4) is 0 Å².